The van der Waals surface area contributed by atoms with Crippen molar-refractivity contribution in [1.29, 1.82) is 0 Å². The molecule has 0 saturated heterocycles. The van der Waals surface area contributed by atoms with Crippen molar-refractivity contribution in [3.05, 3.63) is 77.3 Å². The lowest BCUT2D eigenvalue weighted by molar-refractivity contribution is 0.0873. The number of guanidine groups is 1. The first-order valence-corrected chi connectivity index (χ1v) is 9.90. The van der Waals surface area contributed by atoms with Crippen molar-refractivity contribution in [2.24, 2.45) is 15.7 Å². The predicted molar refractivity (Wildman–Crippen MR) is 115 cm³/mol. The minimum absolute atomic E-state index is 0.291. The summed E-state index contributed by atoms with van der Waals surface area (Å²) in [5.74, 6) is 1.48. The molecule has 3 aromatic rings. The molecule has 0 spiro atoms. The van der Waals surface area contributed by atoms with Crippen molar-refractivity contribution in [3.63, 3.8) is 0 Å². The highest BCUT2D eigenvalue weighted by Gasteiger charge is 2.27. The molecule has 156 valence electrons. The molecular weight excluding hydrogens is 396 g/mol. The van der Waals surface area contributed by atoms with Crippen molar-refractivity contribution in [2.75, 3.05) is 13.3 Å². The Morgan fingerprint density at radius 3 is 2.84 bits per heavy atom. The molecular formula is C22H20N6O3. The summed E-state index contributed by atoms with van der Waals surface area (Å²) < 4.78 is 11.2. The third-order valence-corrected chi connectivity index (χ3v) is 5.04. The molecule has 0 aliphatic carbocycles. The van der Waals surface area contributed by atoms with Crippen LogP contribution in [-0.2, 0) is 11.3 Å². The normalized spacial score (nSPS) is 16.1. The van der Waals surface area contributed by atoms with Crippen LogP contribution in [0, 0.1) is 0 Å². The largest absolute Gasteiger partial charge is 0.366 e. The van der Waals surface area contributed by atoms with E-state index in [9.17, 15) is 4.79 Å². The molecule has 0 radical (unpaired) electrons. The first kappa shape index (κ1) is 19.0. The minimum Gasteiger partial charge on any atom is -0.366 e. The Balaban J connectivity index is 1.55. The molecule has 0 atom stereocenters. The van der Waals surface area contributed by atoms with Crippen molar-refractivity contribution >= 4 is 28.6 Å². The molecule has 2 aromatic carbocycles. The van der Waals surface area contributed by atoms with Crippen molar-refractivity contribution in [2.45, 2.75) is 13.0 Å². The summed E-state index contributed by atoms with van der Waals surface area (Å²) in [5.41, 5.74) is 7.27. The molecule has 2 aliphatic rings. The molecule has 2 aliphatic heterocycles. The summed E-state index contributed by atoms with van der Waals surface area (Å²) in [7, 11) is 0. The number of fused-ring (bicyclic) bond motifs is 2. The Bertz CT molecular complexity index is 1230. The summed E-state index contributed by atoms with van der Waals surface area (Å²) in [6, 6.07) is 15.2. The second kappa shape index (κ2) is 8.04. The predicted octanol–water partition coefficient (Wildman–Crippen LogP) is 2.35. The van der Waals surface area contributed by atoms with E-state index < -0.39 is 5.91 Å². The SMILES string of the molecule is NC(=O)c1cccc2c(C3=NC4=CCCOCN4C(NCc4ccccc4)=N3)onc12. The van der Waals surface area contributed by atoms with Gasteiger partial charge in [0.2, 0.25) is 17.6 Å². The number of aromatic nitrogens is 1. The lowest BCUT2D eigenvalue weighted by Gasteiger charge is -2.28. The van der Waals surface area contributed by atoms with Gasteiger partial charge in [-0.3, -0.25) is 9.69 Å². The zero-order valence-electron chi connectivity index (χ0n) is 16.6. The summed E-state index contributed by atoms with van der Waals surface area (Å²) >= 11 is 0. The van der Waals surface area contributed by atoms with Gasteiger partial charge in [-0.15, -0.1) is 0 Å². The highest BCUT2D eigenvalue weighted by Crippen LogP contribution is 2.26. The first-order chi connectivity index (χ1) is 15.2. The maximum Gasteiger partial charge on any atom is 0.251 e. The molecule has 0 unspecified atom stereocenters. The number of hydrogen-bond donors (Lipinski definition) is 2. The van der Waals surface area contributed by atoms with E-state index in [1.54, 1.807) is 18.2 Å². The van der Waals surface area contributed by atoms with E-state index in [0.29, 0.717) is 59.7 Å². The van der Waals surface area contributed by atoms with E-state index in [0.717, 1.165) is 12.0 Å². The van der Waals surface area contributed by atoms with Crippen molar-refractivity contribution in [3.8, 4) is 0 Å². The Morgan fingerprint density at radius 2 is 2.00 bits per heavy atom. The summed E-state index contributed by atoms with van der Waals surface area (Å²) in [6.07, 6.45) is 2.73. The first-order valence-electron chi connectivity index (χ1n) is 9.90. The van der Waals surface area contributed by atoms with Crippen LogP contribution in [0.4, 0.5) is 0 Å². The number of amidine groups is 1. The molecule has 9 heteroatoms. The summed E-state index contributed by atoms with van der Waals surface area (Å²) in [5, 5.41) is 8.05. The fourth-order valence-electron chi connectivity index (χ4n) is 3.51. The van der Waals surface area contributed by atoms with Crippen molar-refractivity contribution < 1.29 is 14.1 Å². The van der Waals surface area contributed by atoms with Gasteiger partial charge in [-0.2, -0.15) is 4.99 Å². The number of aliphatic imine (C=N–C) groups is 2. The molecule has 5 rings (SSSR count). The number of benzene rings is 2. The van der Waals surface area contributed by atoms with Gasteiger partial charge in [0.1, 0.15) is 18.1 Å². The second-order valence-corrected chi connectivity index (χ2v) is 7.10. The third kappa shape index (κ3) is 3.66. The van der Waals surface area contributed by atoms with E-state index in [1.807, 2.05) is 41.3 Å². The van der Waals surface area contributed by atoms with Crippen LogP contribution < -0.4 is 11.1 Å². The van der Waals surface area contributed by atoms with Crippen LogP contribution >= 0.6 is 0 Å². The lowest BCUT2D eigenvalue weighted by atomic mass is 10.1. The molecule has 9 nitrogen and oxygen atoms in total. The van der Waals surface area contributed by atoms with Gasteiger partial charge in [-0.05, 0) is 30.2 Å². The molecule has 0 saturated carbocycles. The van der Waals surface area contributed by atoms with Crippen LogP contribution in [0.2, 0.25) is 0 Å². The van der Waals surface area contributed by atoms with Gasteiger partial charge in [0, 0.05) is 6.54 Å². The lowest BCUT2D eigenvalue weighted by Crippen LogP contribution is -2.43. The van der Waals surface area contributed by atoms with Crippen LogP contribution in [0.3, 0.4) is 0 Å². The van der Waals surface area contributed by atoms with Crippen LogP contribution in [0.1, 0.15) is 28.1 Å². The number of carbonyl (C=O) groups is 1. The van der Waals surface area contributed by atoms with Gasteiger partial charge in [0.15, 0.2) is 0 Å². The number of primary amides is 1. The summed E-state index contributed by atoms with van der Waals surface area (Å²) in [6.45, 7) is 1.52. The zero-order chi connectivity index (χ0) is 21.2. The monoisotopic (exact) mass is 416 g/mol. The van der Waals surface area contributed by atoms with Crippen LogP contribution in [-0.4, -0.2) is 41.1 Å². The van der Waals surface area contributed by atoms with E-state index in [4.69, 9.17) is 20.0 Å². The molecule has 0 fully saturated rings. The average Bonchev–Trinajstić information content (AvgIpc) is 3.08. The van der Waals surface area contributed by atoms with E-state index in [-0.39, 0.29) is 0 Å². The van der Waals surface area contributed by atoms with Crippen LogP contribution in [0.15, 0.2) is 74.9 Å². The van der Waals surface area contributed by atoms with E-state index in [2.05, 4.69) is 15.5 Å². The van der Waals surface area contributed by atoms with E-state index in [1.165, 1.54) is 0 Å². The Morgan fingerprint density at radius 1 is 1.13 bits per heavy atom. The Hall–Kier alpha value is -3.98. The minimum atomic E-state index is -0.570. The molecule has 3 heterocycles. The average molecular weight is 416 g/mol. The number of nitrogens with zero attached hydrogens (tertiary/aromatic N) is 4. The number of rotatable bonds is 4. The smallest absolute Gasteiger partial charge is 0.251 e. The van der Waals surface area contributed by atoms with Gasteiger partial charge in [-0.25, -0.2) is 4.99 Å². The molecule has 1 amide bonds. The number of ether oxygens (including phenoxy) is 1. The molecule has 1 aromatic heterocycles. The standard InChI is InChI=1S/C22H20N6O3/c23-20(29)16-9-4-8-15-18(16)27-31-19(15)21-25-17-10-5-11-30-13-28(17)22(26-21)24-12-14-6-2-1-3-7-14/h1-4,6-10H,5,11-13H2,(H2,23,29)(H,24,25,26). The fourth-order valence-corrected chi connectivity index (χ4v) is 3.51. The van der Waals surface area contributed by atoms with Gasteiger partial charge in [-0.1, -0.05) is 41.6 Å². The van der Waals surface area contributed by atoms with Gasteiger partial charge in [0.05, 0.1) is 17.6 Å². The number of carbonyl (C=O) groups excluding carboxylic acids is 1. The molecule has 3 N–H and O–H groups in total. The van der Waals surface area contributed by atoms with Gasteiger partial charge in [0.25, 0.3) is 5.91 Å². The van der Waals surface area contributed by atoms with Crippen molar-refractivity contribution in [1.82, 2.24) is 15.4 Å². The number of nitrogens with one attached hydrogen (secondary N) is 1. The highest BCUT2D eigenvalue weighted by molar-refractivity contribution is 6.15. The topological polar surface area (TPSA) is 118 Å². The van der Waals surface area contributed by atoms with Gasteiger partial charge < -0.3 is 20.3 Å². The van der Waals surface area contributed by atoms with Gasteiger partial charge >= 0.3 is 0 Å². The summed E-state index contributed by atoms with van der Waals surface area (Å²) in [4.78, 5) is 23.0. The highest BCUT2D eigenvalue weighted by atomic mass is 16.5. The third-order valence-electron chi connectivity index (χ3n) is 5.04. The number of amides is 1. The number of hydrogen-bond acceptors (Lipinski definition) is 8. The fraction of sp³-hybridized carbons (Fsp3) is 0.182. The number of nitrogens with two attached hydrogens (primary N) is 1. The van der Waals surface area contributed by atoms with Crippen LogP contribution in [0.5, 0.6) is 0 Å². The maximum atomic E-state index is 11.7. The molecule has 31 heavy (non-hydrogen) atoms. The van der Waals surface area contributed by atoms with E-state index >= 15 is 0 Å². The Labute approximate surface area is 177 Å². The quantitative estimate of drug-likeness (QED) is 0.674. The Kier molecular flexibility index (Phi) is 4.93. The maximum absolute atomic E-state index is 11.7. The van der Waals surface area contributed by atoms with Crippen LogP contribution in [0.25, 0.3) is 10.9 Å². The zero-order valence-corrected chi connectivity index (χ0v) is 16.6. The second-order valence-electron chi connectivity index (χ2n) is 7.10. The molecule has 0 bridgehead atoms.